The van der Waals surface area contributed by atoms with Gasteiger partial charge < -0.3 is 14.8 Å². The van der Waals surface area contributed by atoms with Gasteiger partial charge in [0, 0.05) is 4.47 Å². The van der Waals surface area contributed by atoms with E-state index in [0.717, 1.165) is 15.8 Å². The molecule has 1 atom stereocenters. The van der Waals surface area contributed by atoms with Gasteiger partial charge in [-0.3, -0.25) is 4.79 Å². The van der Waals surface area contributed by atoms with Crippen molar-refractivity contribution in [2.24, 2.45) is 0 Å². The number of methoxy groups -OCH3 is 1. The van der Waals surface area contributed by atoms with Gasteiger partial charge in [0.25, 0.3) is 5.91 Å². The lowest BCUT2D eigenvalue weighted by Crippen LogP contribution is -2.31. The van der Waals surface area contributed by atoms with Gasteiger partial charge in [0.2, 0.25) is 0 Å². The number of benzene rings is 2. The summed E-state index contributed by atoms with van der Waals surface area (Å²) in [7, 11) is 1.60. The van der Waals surface area contributed by atoms with Crippen molar-refractivity contribution in [3.63, 3.8) is 0 Å². The average Bonchev–Trinajstić information content (AvgIpc) is 2.54. The lowest BCUT2D eigenvalue weighted by Gasteiger charge is -2.15. The van der Waals surface area contributed by atoms with Gasteiger partial charge >= 0.3 is 0 Å². The first kappa shape index (κ1) is 16.4. The average molecular weight is 364 g/mol. The zero-order valence-corrected chi connectivity index (χ0v) is 14.1. The Bertz CT molecular complexity index is 611. The number of carbonyl (C=O) groups excluding carboxylic acids is 1. The third kappa shape index (κ3) is 4.77. The minimum absolute atomic E-state index is 0.0206. The monoisotopic (exact) mass is 363 g/mol. The van der Waals surface area contributed by atoms with Gasteiger partial charge in [-0.1, -0.05) is 28.1 Å². The Balaban J connectivity index is 1.83. The molecule has 0 saturated carbocycles. The normalized spacial score (nSPS) is 11.6. The van der Waals surface area contributed by atoms with E-state index in [9.17, 15) is 4.79 Å². The van der Waals surface area contributed by atoms with Crippen LogP contribution in [0.2, 0.25) is 0 Å². The molecular formula is C17H18BrNO3. The first-order chi connectivity index (χ1) is 10.6. The third-order valence-corrected chi connectivity index (χ3v) is 3.71. The first-order valence-electron chi connectivity index (χ1n) is 6.90. The molecule has 116 valence electrons. The molecule has 2 aromatic rings. The van der Waals surface area contributed by atoms with Crippen molar-refractivity contribution in [3.8, 4) is 11.5 Å². The van der Waals surface area contributed by atoms with E-state index in [0.29, 0.717) is 5.75 Å². The van der Waals surface area contributed by atoms with Crippen LogP contribution in [0.5, 0.6) is 11.5 Å². The quantitative estimate of drug-likeness (QED) is 0.850. The lowest BCUT2D eigenvalue weighted by molar-refractivity contribution is -0.123. The SMILES string of the molecule is COc1ccc(OCC(=O)N[C@@H](C)c2ccc(Br)cc2)cc1. The maximum absolute atomic E-state index is 11.9. The molecule has 0 aliphatic heterocycles. The van der Waals surface area contributed by atoms with Crippen LogP contribution >= 0.6 is 15.9 Å². The molecule has 0 unspecified atom stereocenters. The molecule has 1 N–H and O–H groups in total. The maximum atomic E-state index is 11.9. The number of nitrogens with one attached hydrogen (secondary N) is 1. The minimum atomic E-state index is -0.161. The Kier molecular flexibility index (Phi) is 5.83. The number of amides is 1. The van der Waals surface area contributed by atoms with E-state index in [1.807, 2.05) is 31.2 Å². The fourth-order valence-electron chi connectivity index (χ4n) is 1.94. The van der Waals surface area contributed by atoms with Crippen LogP contribution in [-0.4, -0.2) is 19.6 Å². The highest BCUT2D eigenvalue weighted by Gasteiger charge is 2.10. The fraction of sp³-hybridized carbons (Fsp3) is 0.235. The summed E-state index contributed by atoms with van der Waals surface area (Å²) in [5, 5.41) is 2.90. The van der Waals surface area contributed by atoms with Gasteiger partial charge in [0.1, 0.15) is 11.5 Å². The predicted octanol–water partition coefficient (Wildman–Crippen LogP) is 3.71. The molecular weight excluding hydrogens is 346 g/mol. The third-order valence-electron chi connectivity index (χ3n) is 3.18. The molecule has 4 nitrogen and oxygen atoms in total. The first-order valence-corrected chi connectivity index (χ1v) is 7.69. The molecule has 2 aromatic carbocycles. The van der Waals surface area contributed by atoms with E-state index in [4.69, 9.17) is 9.47 Å². The molecule has 0 fully saturated rings. The number of carbonyl (C=O) groups is 1. The maximum Gasteiger partial charge on any atom is 0.258 e. The highest BCUT2D eigenvalue weighted by molar-refractivity contribution is 9.10. The summed E-state index contributed by atoms with van der Waals surface area (Å²) >= 11 is 3.39. The van der Waals surface area contributed by atoms with Crippen LogP contribution in [0.15, 0.2) is 53.0 Å². The summed E-state index contributed by atoms with van der Waals surface area (Å²) in [4.78, 5) is 11.9. The topological polar surface area (TPSA) is 47.6 Å². The second-order valence-electron chi connectivity index (χ2n) is 4.80. The molecule has 0 spiro atoms. The molecule has 0 saturated heterocycles. The summed E-state index contributed by atoms with van der Waals surface area (Å²) < 4.78 is 11.5. The van der Waals surface area contributed by atoms with Crippen molar-refractivity contribution in [1.29, 1.82) is 0 Å². The molecule has 0 aliphatic rings. The highest BCUT2D eigenvalue weighted by Crippen LogP contribution is 2.18. The summed E-state index contributed by atoms with van der Waals surface area (Å²) in [6, 6.07) is 14.9. The molecule has 0 radical (unpaired) electrons. The number of hydrogen-bond acceptors (Lipinski definition) is 3. The number of rotatable bonds is 6. The summed E-state index contributed by atoms with van der Waals surface area (Å²) in [6.45, 7) is 1.92. The van der Waals surface area contributed by atoms with Crippen molar-refractivity contribution in [1.82, 2.24) is 5.32 Å². The lowest BCUT2D eigenvalue weighted by atomic mass is 10.1. The Hall–Kier alpha value is -2.01. The highest BCUT2D eigenvalue weighted by atomic mass is 79.9. The van der Waals surface area contributed by atoms with E-state index in [-0.39, 0.29) is 18.6 Å². The largest absolute Gasteiger partial charge is 0.497 e. The van der Waals surface area contributed by atoms with Crippen molar-refractivity contribution in [2.45, 2.75) is 13.0 Å². The van der Waals surface area contributed by atoms with Crippen molar-refractivity contribution in [3.05, 3.63) is 58.6 Å². The van der Waals surface area contributed by atoms with Crippen molar-refractivity contribution in [2.75, 3.05) is 13.7 Å². The Morgan fingerprint density at radius 3 is 2.27 bits per heavy atom. The number of halogens is 1. The van der Waals surface area contributed by atoms with E-state index >= 15 is 0 Å². The standard InChI is InChI=1S/C17H18BrNO3/c1-12(13-3-5-14(18)6-4-13)19-17(20)11-22-16-9-7-15(21-2)8-10-16/h3-10,12H,11H2,1-2H3,(H,19,20)/t12-/m0/s1. The second kappa shape index (κ2) is 7.84. The number of hydrogen-bond donors (Lipinski definition) is 1. The van der Waals surface area contributed by atoms with Gasteiger partial charge in [-0.25, -0.2) is 0 Å². The van der Waals surface area contributed by atoms with Crippen LogP contribution in [0.25, 0.3) is 0 Å². The smallest absolute Gasteiger partial charge is 0.258 e. The van der Waals surface area contributed by atoms with Crippen LogP contribution < -0.4 is 14.8 Å². The summed E-state index contributed by atoms with van der Waals surface area (Å²) in [6.07, 6.45) is 0. The van der Waals surface area contributed by atoms with Gasteiger partial charge in [0.05, 0.1) is 13.2 Å². The second-order valence-corrected chi connectivity index (χ2v) is 5.72. The van der Waals surface area contributed by atoms with E-state index in [1.54, 1.807) is 31.4 Å². The molecule has 0 heterocycles. The molecule has 5 heteroatoms. The van der Waals surface area contributed by atoms with Crippen LogP contribution in [-0.2, 0) is 4.79 Å². The zero-order valence-electron chi connectivity index (χ0n) is 12.5. The Labute approximate surface area is 138 Å². The molecule has 0 aliphatic carbocycles. The van der Waals surface area contributed by atoms with Gasteiger partial charge in [0.15, 0.2) is 6.61 Å². The number of ether oxygens (including phenoxy) is 2. The van der Waals surface area contributed by atoms with Gasteiger partial charge in [-0.2, -0.15) is 0 Å². The van der Waals surface area contributed by atoms with Crippen molar-refractivity contribution >= 4 is 21.8 Å². The molecule has 0 aromatic heterocycles. The molecule has 1 amide bonds. The van der Waals surface area contributed by atoms with Crippen LogP contribution in [0.3, 0.4) is 0 Å². The van der Waals surface area contributed by atoms with Crippen molar-refractivity contribution < 1.29 is 14.3 Å². The summed E-state index contributed by atoms with van der Waals surface area (Å²) in [5.74, 6) is 1.22. The fourth-order valence-corrected chi connectivity index (χ4v) is 2.20. The van der Waals surface area contributed by atoms with E-state index in [1.165, 1.54) is 0 Å². The molecule has 22 heavy (non-hydrogen) atoms. The predicted molar refractivity (Wildman–Crippen MR) is 89.2 cm³/mol. The Morgan fingerprint density at radius 1 is 1.09 bits per heavy atom. The van der Waals surface area contributed by atoms with E-state index in [2.05, 4.69) is 21.2 Å². The van der Waals surface area contributed by atoms with E-state index < -0.39 is 0 Å². The summed E-state index contributed by atoms with van der Waals surface area (Å²) in [5.41, 5.74) is 1.04. The van der Waals surface area contributed by atoms with Crippen LogP contribution in [0, 0.1) is 0 Å². The van der Waals surface area contributed by atoms with Gasteiger partial charge in [-0.15, -0.1) is 0 Å². The Morgan fingerprint density at radius 2 is 1.68 bits per heavy atom. The van der Waals surface area contributed by atoms with Crippen LogP contribution in [0.1, 0.15) is 18.5 Å². The van der Waals surface area contributed by atoms with Crippen LogP contribution in [0.4, 0.5) is 0 Å². The molecule has 0 bridgehead atoms. The zero-order chi connectivity index (χ0) is 15.9. The molecule has 2 rings (SSSR count). The minimum Gasteiger partial charge on any atom is -0.497 e. The van der Waals surface area contributed by atoms with Gasteiger partial charge in [-0.05, 0) is 48.9 Å².